The number of hydrogen-bond acceptors (Lipinski definition) is 4. The van der Waals surface area contributed by atoms with Crippen molar-refractivity contribution in [3.63, 3.8) is 0 Å². The van der Waals surface area contributed by atoms with Gasteiger partial charge in [-0.2, -0.15) is 4.98 Å². The number of oxazole rings is 1. The van der Waals surface area contributed by atoms with Crippen molar-refractivity contribution in [2.45, 2.75) is 33.7 Å². The quantitative estimate of drug-likeness (QED) is 0.827. The average Bonchev–Trinajstić information content (AvgIpc) is 2.71. The summed E-state index contributed by atoms with van der Waals surface area (Å²) in [6, 6.07) is 6.52. The molecule has 1 atom stereocenters. The Balaban J connectivity index is 2.40. The van der Waals surface area contributed by atoms with E-state index < -0.39 is 0 Å². The zero-order chi connectivity index (χ0) is 13.5. The third kappa shape index (κ3) is 2.15. The van der Waals surface area contributed by atoms with Crippen molar-refractivity contribution in [2.75, 3.05) is 17.7 Å². The van der Waals surface area contributed by atoms with Gasteiger partial charge in [0.1, 0.15) is 5.52 Å². The second-order valence-corrected chi connectivity index (χ2v) is 5.84. The van der Waals surface area contributed by atoms with Crippen LogP contribution in [0, 0.1) is 5.41 Å². The third-order valence-electron chi connectivity index (χ3n) is 3.57. The molecule has 2 N–H and O–H groups in total. The number of aromatic nitrogens is 1. The van der Waals surface area contributed by atoms with E-state index in [1.54, 1.807) is 0 Å². The summed E-state index contributed by atoms with van der Waals surface area (Å²) in [5.74, 6) is 0. The van der Waals surface area contributed by atoms with Crippen molar-refractivity contribution in [2.24, 2.45) is 5.41 Å². The molecule has 1 unspecified atom stereocenters. The Morgan fingerprint density at radius 1 is 1.33 bits per heavy atom. The maximum absolute atomic E-state index is 5.89. The molecule has 0 aliphatic rings. The number of para-hydroxylation sites is 1. The van der Waals surface area contributed by atoms with Crippen molar-refractivity contribution < 1.29 is 4.42 Å². The Morgan fingerprint density at radius 2 is 2.00 bits per heavy atom. The fraction of sp³-hybridized carbons (Fsp3) is 0.500. The lowest BCUT2D eigenvalue weighted by molar-refractivity contribution is 0.319. The number of benzene rings is 1. The van der Waals surface area contributed by atoms with E-state index in [0.29, 0.717) is 17.7 Å². The molecule has 0 saturated heterocycles. The summed E-state index contributed by atoms with van der Waals surface area (Å²) in [5.41, 5.74) is 8.17. The standard InChI is InChI=1S/C14H21N3O/c1-9(14(2,3)4)17(5)13-16-12-10(15)7-6-8-11(12)18-13/h6-9H,15H2,1-5H3. The van der Waals surface area contributed by atoms with Crippen LogP contribution in [0.5, 0.6) is 0 Å². The van der Waals surface area contributed by atoms with Crippen LogP contribution in [0.3, 0.4) is 0 Å². The molecule has 18 heavy (non-hydrogen) atoms. The van der Waals surface area contributed by atoms with Crippen LogP contribution in [0.15, 0.2) is 22.6 Å². The van der Waals surface area contributed by atoms with Gasteiger partial charge in [-0.3, -0.25) is 0 Å². The second kappa shape index (κ2) is 4.19. The third-order valence-corrected chi connectivity index (χ3v) is 3.57. The molecule has 2 aromatic rings. The first-order valence-corrected chi connectivity index (χ1v) is 6.18. The lowest BCUT2D eigenvalue weighted by Gasteiger charge is -2.34. The summed E-state index contributed by atoms with van der Waals surface area (Å²) in [7, 11) is 2.00. The summed E-state index contributed by atoms with van der Waals surface area (Å²) in [4.78, 5) is 6.54. The van der Waals surface area contributed by atoms with Gasteiger partial charge in [-0.25, -0.2) is 0 Å². The van der Waals surface area contributed by atoms with Gasteiger partial charge in [-0.15, -0.1) is 0 Å². The molecule has 0 spiro atoms. The lowest BCUT2D eigenvalue weighted by atomic mass is 9.87. The van der Waals surface area contributed by atoms with E-state index in [4.69, 9.17) is 10.2 Å². The number of nitrogen functional groups attached to an aromatic ring is 1. The molecule has 0 saturated carbocycles. The van der Waals surface area contributed by atoms with Gasteiger partial charge in [-0.1, -0.05) is 26.8 Å². The predicted octanol–water partition coefficient (Wildman–Crippen LogP) is 3.28. The molecule has 1 aromatic carbocycles. The molecule has 0 radical (unpaired) electrons. The van der Waals surface area contributed by atoms with Crippen molar-refractivity contribution in [3.8, 4) is 0 Å². The Labute approximate surface area is 108 Å². The summed E-state index contributed by atoms with van der Waals surface area (Å²) >= 11 is 0. The minimum absolute atomic E-state index is 0.154. The fourth-order valence-electron chi connectivity index (χ4n) is 1.86. The number of nitrogens with zero attached hydrogens (tertiary/aromatic N) is 2. The normalized spacial score (nSPS) is 13.8. The summed E-state index contributed by atoms with van der Waals surface area (Å²) in [5, 5.41) is 0. The molecule has 4 heteroatoms. The van der Waals surface area contributed by atoms with Crippen LogP contribution in [0.2, 0.25) is 0 Å². The number of nitrogens with two attached hydrogens (primary N) is 1. The molecular weight excluding hydrogens is 226 g/mol. The molecule has 0 fully saturated rings. The van der Waals surface area contributed by atoms with E-state index in [2.05, 4.69) is 37.6 Å². The van der Waals surface area contributed by atoms with Gasteiger partial charge in [0.25, 0.3) is 6.01 Å². The van der Waals surface area contributed by atoms with Crippen LogP contribution in [-0.2, 0) is 0 Å². The molecule has 1 aromatic heterocycles. The van der Waals surface area contributed by atoms with Gasteiger partial charge in [0.2, 0.25) is 0 Å². The number of fused-ring (bicyclic) bond motifs is 1. The molecule has 1 heterocycles. The van der Waals surface area contributed by atoms with E-state index in [9.17, 15) is 0 Å². The maximum atomic E-state index is 5.89. The van der Waals surface area contributed by atoms with Gasteiger partial charge in [-0.05, 0) is 24.5 Å². The summed E-state index contributed by atoms with van der Waals surface area (Å²) in [6.45, 7) is 8.76. The van der Waals surface area contributed by atoms with Gasteiger partial charge >= 0.3 is 0 Å². The highest BCUT2D eigenvalue weighted by molar-refractivity contribution is 5.86. The number of hydrogen-bond donors (Lipinski definition) is 1. The first-order chi connectivity index (χ1) is 8.30. The van der Waals surface area contributed by atoms with Crippen molar-refractivity contribution in [3.05, 3.63) is 18.2 Å². The molecule has 0 bridgehead atoms. The van der Waals surface area contributed by atoms with E-state index in [0.717, 1.165) is 11.1 Å². The molecule has 0 aliphatic heterocycles. The molecule has 0 aliphatic carbocycles. The van der Waals surface area contributed by atoms with Crippen molar-refractivity contribution >= 4 is 22.8 Å². The van der Waals surface area contributed by atoms with Crippen LogP contribution in [0.1, 0.15) is 27.7 Å². The van der Waals surface area contributed by atoms with Crippen LogP contribution in [-0.4, -0.2) is 18.1 Å². The largest absolute Gasteiger partial charge is 0.423 e. The van der Waals surface area contributed by atoms with Gasteiger partial charge in [0, 0.05) is 13.1 Å². The lowest BCUT2D eigenvalue weighted by Crippen LogP contribution is -2.39. The van der Waals surface area contributed by atoms with Gasteiger partial charge < -0.3 is 15.1 Å². The minimum atomic E-state index is 0.154. The molecule has 98 valence electrons. The van der Waals surface area contributed by atoms with Crippen LogP contribution in [0.25, 0.3) is 11.1 Å². The highest BCUT2D eigenvalue weighted by Crippen LogP contribution is 2.30. The Hall–Kier alpha value is -1.71. The molecular formula is C14H21N3O. The zero-order valence-corrected chi connectivity index (χ0v) is 11.7. The summed E-state index contributed by atoms with van der Waals surface area (Å²) in [6.07, 6.45) is 0. The van der Waals surface area contributed by atoms with E-state index in [1.807, 2.05) is 25.2 Å². The Kier molecular flexibility index (Phi) is 2.97. The second-order valence-electron chi connectivity index (χ2n) is 5.84. The Morgan fingerprint density at radius 3 is 2.56 bits per heavy atom. The molecule has 0 amide bonds. The fourth-order valence-corrected chi connectivity index (χ4v) is 1.86. The Bertz CT molecular complexity index is 554. The first kappa shape index (κ1) is 12.7. The van der Waals surface area contributed by atoms with E-state index in [1.165, 1.54) is 0 Å². The minimum Gasteiger partial charge on any atom is -0.423 e. The predicted molar refractivity (Wildman–Crippen MR) is 75.7 cm³/mol. The van der Waals surface area contributed by atoms with Gasteiger partial charge in [0.15, 0.2) is 5.58 Å². The monoisotopic (exact) mass is 247 g/mol. The smallest absolute Gasteiger partial charge is 0.298 e. The van der Waals surface area contributed by atoms with E-state index in [-0.39, 0.29) is 5.41 Å². The van der Waals surface area contributed by atoms with Crippen molar-refractivity contribution in [1.82, 2.24) is 4.98 Å². The topological polar surface area (TPSA) is 55.3 Å². The zero-order valence-electron chi connectivity index (χ0n) is 11.7. The molecule has 2 rings (SSSR count). The average molecular weight is 247 g/mol. The summed E-state index contributed by atoms with van der Waals surface area (Å²) < 4.78 is 5.76. The van der Waals surface area contributed by atoms with Gasteiger partial charge in [0.05, 0.1) is 5.69 Å². The van der Waals surface area contributed by atoms with Crippen molar-refractivity contribution in [1.29, 1.82) is 0 Å². The van der Waals surface area contributed by atoms with E-state index >= 15 is 0 Å². The number of rotatable bonds is 2. The first-order valence-electron chi connectivity index (χ1n) is 6.18. The maximum Gasteiger partial charge on any atom is 0.298 e. The highest BCUT2D eigenvalue weighted by Gasteiger charge is 2.26. The van der Waals surface area contributed by atoms with Crippen LogP contribution < -0.4 is 10.6 Å². The number of anilines is 2. The SMILES string of the molecule is CC(N(C)c1nc2c(N)cccc2o1)C(C)(C)C. The van der Waals surface area contributed by atoms with Crippen LogP contribution in [0.4, 0.5) is 11.7 Å². The molecule has 4 nitrogen and oxygen atoms in total. The highest BCUT2D eigenvalue weighted by atomic mass is 16.4. The van der Waals surface area contributed by atoms with Crippen LogP contribution >= 0.6 is 0 Å².